The number of amides is 1. The molecule has 1 heterocycles. The first kappa shape index (κ1) is 17.9. The Morgan fingerprint density at radius 3 is 2.38 bits per heavy atom. The third-order valence-electron chi connectivity index (χ3n) is 2.75. The molecule has 0 saturated carbocycles. The highest BCUT2D eigenvalue weighted by Crippen LogP contribution is 2.28. The van der Waals surface area contributed by atoms with Crippen molar-refractivity contribution >= 4 is 29.3 Å². The van der Waals surface area contributed by atoms with Gasteiger partial charge in [0.25, 0.3) is 0 Å². The van der Waals surface area contributed by atoms with Crippen LogP contribution < -0.4 is 10.4 Å². The number of carbonyl (C=O) groups excluding carboxylic acids is 2. The fraction of sp³-hybridized carbons (Fsp3) is 0.214. The van der Waals surface area contributed by atoms with Crippen LogP contribution in [0.3, 0.4) is 0 Å². The molecule has 0 aliphatic carbocycles. The number of carbonyl (C=O) groups is 2. The molecule has 2 rings (SSSR count). The lowest BCUT2D eigenvalue weighted by atomic mass is 10.3. The van der Waals surface area contributed by atoms with Crippen molar-refractivity contribution in [2.75, 3.05) is 16.8 Å². The molecule has 0 aliphatic rings. The second kappa shape index (κ2) is 7.39. The lowest BCUT2D eigenvalue weighted by Crippen LogP contribution is -2.25. The summed E-state index contributed by atoms with van der Waals surface area (Å²) < 4.78 is 38.6. The zero-order valence-corrected chi connectivity index (χ0v) is 12.9. The Morgan fingerprint density at radius 2 is 1.83 bits per heavy atom. The standard InChI is InChI=1S/C14H12F3N3O3S/c15-14(16,17)11-5-6-20(19-11)10-3-1-9(2-4-10)18-12(21)7-24-8-13(22)23/h1-6H,7-8H2,(H,18,21)(H,22,23)/p-1. The molecular formula is C14H11F3N3O3S-. The number of aromatic nitrogens is 2. The molecule has 1 aromatic carbocycles. The predicted octanol–water partition coefficient (Wildman–Crippen LogP) is 1.31. The molecule has 0 saturated heterocycles. The van der Waals surface area contributed by atoms with Gasteiger partial charge < -0.3 is 15.2 Å². The zero-order chi connectivity index (χ0) is 17.7. The SMILES string of the molecule is O=C([O-])CSCC(=O)Nc1ccc(-n2ccc(C(F)(F)F)n2)cc1. The number of halogens is 3. The number of nitrogens with zero attached hydrogens (tertiary/aromatic N) is 2. The third kappa shape index (κ3) is 5.01. The van der Waals surface area contributed by atoms with Gasteiger partial charge in [-0.2, -0.15) is 18.3 Å². The minimum absolute atomic E-state index is 0.0518. The highest BCUT2D eigenvalue weighted by atomic mass is 32.2. The summed E-state index contributed by atoms with van der Waals surface area (Å²) in [5, 5.41) is 16.2. The molecular weight excluding hydrogens is 347 g/mol. The monoisotopic (exact) mass is 358 g/mol. The average Bonchev–Trinajstić information content (AvgIpc) is 2.97. The second-order valence-electron chi connectivity index (χ2n) is 4.60. The number of alkyl halides is 3. The smallest absolute Gasteiger partial charge is 0.435 e. The number of carboxylic acids is 1. The fourth-order valence-corrected chi connectivity index (χ4v) is 2.27. The van der Waals surface area contributed by atoms with E-state index in [-0.39, 0.29) is 11.5 Å². The highest BCUT2D eigenvalue weighted by Gasteiger charge is 2.33. The molecule has 0 atom stereocenters. The van der Waals surface area contributed by atoms with Crippen LogP contribution >= 0.6 is 11.8 Å². The van der Waals surface area contributed by atoms with Crippen molar-refractivity contribution < 1.29 is 27.9 Å². The summed E-state index contributed by atoms with van der Waals surface area (Å²) in [5.74, 6) is -1.99. The van der Waals surface area contributed by atoms with Gasteiger partial charge in [-0.05, 0) is 30.3 Å². The molecule has 1 amide bonds. The third-order valence-corrected chi connectivity index (χ3v) is 3.65. The molecule has 128 valence electrons. The van der Waals surface area contributed by atoms with Gasteiger partial charge in [-0.3, -0.25) is 4.79 Å². The summed E-state index contributed by atoms with van der Waals surface area (Å²) >= 11 is 0.899. The molecule has 6 nitrogen and oxygen atoms in total. The van der Waals surface area contributed by atoms with E-state index in [1.54, 1.807) is 0 Å². The number of thioether (sulfide) groups is 1. The Labute approximate surface area is 138 Å². The van der Waals surface area contributed by atoms with E-state index in [0.29, 0.717) is 11.4 Å². The Balaban J connectivity index is 1.96. The second-order valence-corrected chi connectivity index (χ2v) is 5.59. The number of nitrogens with one attached hydrogen (secondary N) is 1. The molecule has 1 N–H and O–H groups in total. The van der Waals surface area contributed by atoms with Crippen LogP contribution in [0.1, 0.15) is 5.69 Å². The van der Waals surface area contributed by atoms with Crippen LogP contribution in [0.25, 0.3) is 5.69 Å². The number of aliphatic carboxylic acids is 1. The van der Waals surface area contributed by atoms with E-state index >= 15 is 0 Å². The Hall–Kier alpha value is -2.49. The summed E-state index contributed by atoms with van der Waals surface area (Å²) in [4.78, 5) is 21.8. The number of anilines is 1. The predicted molar refractivity (Wildman–Crippen MR) is 79.5 cm³/mol. The van der Waals surface area contributed by atoms with Crippen molar-refractivity contribution in [1.82, 2.24) is 9.78 Å². The van der Waals surface area contributed by atoms with E-state index < -0.39 is 23.7 Å². The number of rotatable bonds is 6. The first-order valence-corrected chi connectivity index (χ1v) is 7.72. The van der Waals surface area contributed by atoms with Crippen molar-refractivity contribution in [3.05, 3.63) is 42.2 Å². The summed E-state index contributed by atoms with van der Waals surface area (Å²) in [6.45, 7) is 0. The van der Waals surface area contributed by atoms with Crippen LogP contribution in [0.4, 0.5) is 18.9 Å². The molecule has 1 aromatic heterocycles. The van der Waals surface area contributed by atoms with Gasteiger partial charge in [0, 0.05) is 17.6 Å². The molecule has 0 unspecified atom stereocenters. The van der Waals surface area contributed by atoms with Gasteiger partial charge >= 0.3 is 6.18 Å². The highest BCUT2D eigenvalue weighted by molar-refractivity contribution is 8.00. The molecule has 0 fully saturated rings. The van der Waals surface area contributed by atoms with Crippen LogP contribution in [0.5, 0.6) is 0 Å². The van der Waals surface area contributed by atoms with Crippen molar-refractivity contribution in [2.45, 2.75) is 6.18 Å². The van der Waals surface area contributed by atoms with Gasteiger partial charge in [-0.1, -0.05) is 0 Å². The van der Waals surface area contributed by atoms with Gasteiger partial charge in [0.1, 0.15) is 0 Å². The molecule has 0 radical (unpaired) electrons. The summed E-state index contributed by atoms with van der Waals surface area (Å²) in [7, 11) is 0. The van der Waals surface area contributed by atoms with Crippen molar-refractivity contribution in [3.63, 3.8) is 0 Å². The molecule has 0 bridgehead atoms. The summed E-state index contributed by atoms with van der Waals surface area (Å²) in [5.41, 5.74) is -0.166. The van der Waals surface area contributed by atoms with E-state index in [9.17, 15) is 27.9 Å². The van der Waals surface area contributed by atoms with Gasteiger partial charge in [-0.15, -0.1) is 11.8 Å². The number of hydrogen-bond donors (Lipinski definition) is 1. The fourth-order valence-electron chi connectivity index (χ4n) is 1.74. The van der Waals surface area contributed by atoms with E-state index in [1.165, 1.54) is 30.5 Å². The summed E-state index contributed by atoms with van der Waals surface area (Å²) in [6.07, 6.45) is -3.32. The van der Waals surface area contributed by atoms with Crippen LogP contribution in [-0.2, 0) is 15.8 Å². The van der Waals surface area contributed by atoms with E-state index in [0.717, 1.165) is 22.5 Å². The van der Waals surface area contributed by atoms with E-state index in [2.05, 4.69) is 10.4 Å². The molecule has 24 heavy (non-hydrogen) atoms. The minimum Gasteiger partial charge on any atom is -0.549 e. The van der Waals surface area contributed by atoms with Gasteiger partial charge in [-0.25, -0.2) is 4.68 Å². The Kier molecular flexibility index (Phi) is 5.50. The van der Waals surface area contributed by atoms with Crippen molar-refractivity contribution in [2.24, 2.45) is 0 Å². The minimum atomic E-state index is -4.51. The van der Waals surface area contributed by atoms with Crippen LogP contribution in [0.2, 0.25) is 0 Å². The summed E-state index contributed by atoms with van der Waals surface area (Å²) in [6, 6.07) is 6.87. The molecule has 0 aliphatic heterocycles. The topological polar surface area (TPSA) is 87.0 Å². The maximum absolute atomic E-state index is 12.5. The number of carboxylic acid groups (broad SMARTS) is 1. The Bertz CT molecular complexity index is 729. The average molecular weight is 358 g/mol. The van der Waals surface area contributed by atoms with Crippen LogP contribution in [-0.4, -0.2) is 33.2 Å². The molecule has 2 aromatic rings. The quantitative estimate of drug-likeness (QED) is 0.841. The van der Waals surface area contributed by atoms with E-state index in [1.807, 2.05) is 0 Å². The first-order valence-electron chi connectivity index (χ1n) is 6.56. The maximum atomic E-state index is 12.5. The van der Waals surface area contributed by atoms with Crippen LogP contribution in [0, 0.1) is 0 Å². The van der Waals surface area contributed by atoms with Crippen molar-refractivity contribution in [3.8, 4) is 5.69 Å². The Morgan fingerprint density at radius 1 is 1.17 bits per heavy atom. The number of benzene rings is 1. The van der Waals surface area contributed by atoms with Gasteiger partial charge in [0.15, 0.2) is 5.69 Å². The van der Waals surface area contributed by atoms with Gasteiger partial charge in [0.05, 0.1) is 17.4 Å². The molecule has 0 spiro atoms. The lowest BCUT2D eigenvalue weighted by molar-refractivity contribution is -0.301. The maximum Gasteiger partial charge on any atom is 0.435 e. The zero-order valence-electron chi connectivity index (χ0n) is 12.0. The van der Waals surface area contributed by atoms with Crippen molar-refractivity contribution in [1.29, 1.82) is 0 Å². The first-order chi connectivity index (χ1) is 11.3. The normalized spacial score (nSPS) is 11.3. The van der Waals surface area contributed by atoms with Crippen LogP contribution in [0.15, 0.2) is 36.5 Å². The lowest BCUT2D eigenvalue weighted by Gasteiger charge is -2.07. The van der Waals surface area contributed by atoms with Gasteiger partial charge in [0.2, 0.25) is 5.91 Å². The number of hydrogen-bond acceptors (Lipinski definition) is 5. The van der Waals surface area contributed by atoms with E-state index in [4.69, 9.17) is 0 Å². The molecule has 10 heteroatoms. The largest absolute Gasteiger partial charge is 0.549 e.